The van der Waals surface area contributed by atoms with Crippen LogP contribution in [-0.4, -0.2) is 22.5 Å². The van der Waals surface area contributed by atoms with Crippen LogP contribution in [-0.2, 0) is 9.53 Å². The van der Waals surface area contributed by atoms with Crippen molar-refractivity contribution in [3.05, 3.63) is 52.3 Å². The molecule has 6 heteroatoms. The number of ether oxygens (including phenoxy) is 1. The first-order chi connectivity index (χ1) is 11.9. The van der Waals surface area contributed by atoms with Gasteiger partial charge in [-0.05, 0) is 63.9 Å². The number of rotatable bonds is 5. The van der Waals surface area contributed by atoms with Gasteiger partial charge >= 0.3 is 5.97 Å². The van der Waals surface area contributed by atoms with Crippen molar-refractivity contribution in [2.75, 3.05) is 5.32 Å². The molecule has 3 rings (SSSR count). The Labute approximate surface area is 151 Å². The Hall–Kier alpha value is -2.27. The van der Waals surface area contributed by atoms with E-state index in [2.05, 4.69) is 9.88 Å². The monoisotopic (exact) mass is 360 g/mol. The number of halogens is 1. The zero-order valence-corrected chi connectivity index (χ0v) is 15.3. The number of nitrogens with one attached hydrogen (secondary N) is 1. The molecule has 1 amide bonds. The van der Waals surface area contributed by atoms with Gasteiger partial charge in [0.05, 0.1) is 5.56 Å². The number of aromatic nitrogens is 1. The van der Waals surface area contributed by atoms with E-state index in [4.69, 9.17) is 16.3 Å². The van der Waals surface area contributed by atoms with E-state index >= 15 is 0 Å². The molecule has 0 unspecified atom stereocenters. The minimum atomic E-state index is -0.896. The highest BCUT2D eigenvalue weighted by Gasteiger charge is 2.29. The molecule has 2 aromatic rings. The number of carbonyl (C=O) groups excluding carboxylic acids is 2. The van der Waals surface area contributed by atoms with Gasteiger partial charge in [-0.15, -0.1) is 0 Å². The number of aryl methyl sites for hydroxylation is 1. The summed E-state index contributed by atoms with van der Waals surface area (Å²) in [7, 11) is 0. The van der Waals surface area contributed by atoms with Gasteiger partial charge in [0.1, 0.15) is 0 Å². The Morgan fingerprint density at radius 2 is 1.88 bits per heavy atom. The van der Waals surface area contributed by atoms with E-state index in [0.29, 0.717) is 22.3 Å². The van der Waals surface area contributed by atoms with Crippen LogP contribution < -0.4 is 5.32 Å². The lowest BCUT2D eigenvalue weighted by Crippen LogP contribution is -2.30. The van der Waals surface area contributed by atoms with Crippen molar-refractivity contribution in [1.29, 1.82) is 0 Å². The molecule has 0 spiro atoms. The number of benzene rings is 1. The van der Waals surface area contributed by atoms with Gasteiger partial charge in [-0.25, -0.2) is 4.79 Å². The van der Waals surface area contributed by atoms with Gasteiger partial charge in [-0.1, -0.05) is 11.6 Å². The van der Waals surface area contributed by atoms with Gasteiger partial charge in [0, 0.05) is 28.1 Å². The van der Waals surface area contributed by atoms with Gasteiger partial charge in [0.2, 0.25) is 0 Å². The number of esters is 1. The summed E-state index contributed by atoms with van der Waals surface area (Å²) in [5.41, 5.74) is 3.07. The number of amides is 1. The molecule has 0 bridgehead atoms. The van der Waals surface area contributed by atoms with Crippen LogP contribution in [0.4, 0.5) is 5.69 Å². The molecule has 1 aromatic carbocycles. The summed E-state index contributed by atoms with van der Waals surface area (Å²) >= 11 is 5.82. The van der Waals surface area contributed by atoms with Crippen LogP contribution in [0.1, 0.15) is 47.6 Å². The topological polar surface area (TPSA) is 60.3 Å². The summed E-state index contributed by atoms with van der Waals surface area (Å²) in [6.45, 7) is 5.46. The predicted molar refractivity (Wildman–Crippen MR) is 97.1 cm³/mol. The molecule has 1 saturated carbocycles. The van der Waals surface area contributed by atoms with Crippen molar-refractivity contribution in [3.8, 4) is 0 Å². The Morgan fingerprint density at radius 1 is 1.24 bits per heavy atom. The fourth-order valence-electron chi connectivity index (χ4n) is 2.93. The first-order valence-corrected chi connectivity index (χ1v) is 8.70. The van der Waals surface area contributed by atoms with Crippen LogP contribution in [0, 0.1) is 13.8 Å². The standard InChI is InChI=1S/C19H21ClN2O3/c1-11-10-17(12(2)22(11)16-8-9-16)19(24)25-13(3)18(23)21-15-6-4-14(20)5-7-15/h4-7,10,13,16H,8-9H2,1-3H3,(H,21,23)/t13-/m0/s1. The maximum atomic E-state index is 12.5. The van der Waals surface area contributed by atoms with Crippen molar-refractivity contribution in [2.24, 2.45) is 0 Å². The van der Waals surface area contributed by atoms with Crippen LogP contribution in [0.3, 0.4) is 0 Å². The molecule has 1 fully saturated rings. The highest BCUT2D eigenvalue weighted by Crippen LogP contribution is 2.38. The van der Waals surface area contributed by atoms with E-state index in [0.717, 1.165) is 24.2 Å². The van der Waals surface area contributed by atoms with Gasteiger partial charge in [0.25, 0.3) is 5.91 Å². The minimum absolute atomic E-state index is 0.383. The van der Waals surface area contributed by atoms with Gasteiger partial charge in [0.15, 0.2) is 6.10 Å². The molecule has 1 aromatic heterocycles. The number of hydrogen-bond acceptors (Lipinski definition) is 3. The third-order valence-corrected chi connectivity index (χ3v) is 4.63. The van der Waals surface area contributed by atoms with Crippen LogP contribution in [0.5, 0.6) is 0 Å². The summed E-state index contributed by atoms with van der Waals surface area (Å²) in [4.78, 5) is 24.7. The van der Waals surface area contributed by atoms with E-state index < -0.39 is 12.1 Å². The first-order valence-electron chi connectivity index (χ1n) is 8.32. The Balaban J connectivity index is 1.65. The molecule has 1 N–H and O–H groups in total. The van der Waals surface area contributed by atoms with E-state index in [1.807, 2.05) is 19.9 Å². The molecule has 5 nitrogen and oxygen atoms in total. The maximum absolute atomic E-state index is 12.5. The summed E-state index contributed by atoms with van der Waals surface area (Å²) in [6.07, 6.45) is 1.39. The molecule has 0 saturated heterocycles. The molecule has 1 aliphatic carbocycles. The Kier molecular flexibility index (Phi) is 4.86. The van der Waals surface area contributed by atoms with Crippen molar-refractivity contribution in [1.82, 2.24) is 4.57 Å². The average molecular weight is 361 g/mol. The fourth-order valence-corrected chi connectivity index (χ4v) is 3.06. The lowest BCUT2D eigenvalue weighted by Gasteiger charge is -2.14. The van der Waals surface area contributed by atoms with Crippen molar-refractivity contribution >= 4 is 29.2 Å². The molecule has 25 heavy (non-hydrogen) atoms. The van der Waals surface area contributed by atoms with Crippen LogP contribution in [0.2, 0.25) is 5.02 Å². The third-order valence-electron chi connectivity index (χ3n) is 4.38. The zero-order valence-electron chi connectivity index (χ0n) is 14.5. The zero-order chi connectivity index (χ0) is 18.1. The van der Waals surface area contributed by atoms with Gasteiger partial charge < -0.3 is 14.6 Å². The molecule has 0 radical (unpaired) electrons. The molecule has 0 aliphatic heterocycles. The SMILES string of the molecule is Cc1cc(C(=O)O[C@@H](C)C(=O)Nc2ccc(Cl)cc2)c(C)n1C1CC1. The quantitative estimate of drug-likeness (QED) is 0.809. The minimum Gasteiger partial charge on any atom is -0.449 e. The lowest BCUT2D eigenvalue weighted by atomic mass is 10.2. The Morgan fingerprint density at radius 3 is 2.48 bits per heavy atom. The number of hydrogen-bond donors (Lipinski definition) is 1. The second kappa shape index (κ2) is 6.92. The third kappa shape index (κ3) is 3.87. The molecule has 1 atom stereocenters. The fraction of sp³-hybridized carbons (Fsp3) is 0.368. The van der Waals surface area contributed by atoms with E-state index in [1.54, 1.807) is 31.2 Å². The maximum Gasteiger partial charge on any atom is 0.340 e. The first kappa shape index (κ1) is 17.5. The highest BCUT2D eigenvalue weighted by atomic mass is 35.5. The average Bonchev–Trinajstić information content (AvgIpc) is 3.34. The largest absolute Gasteiger partial charge is 0.449 e. The predicted octanol–water partition coefficient (Wildman–Crippen LogP) is 4.28. The second-order valence-corrected chi connectivity index (χ2v) is 6.87. The van der Waals surface area contributed by atoms with Crippen LogP contribution in [0.15, 0.2) is 30.3 Å². The summed E-state index contributed by atoms with van der Waals surface area (Å²) in [5.74, 6) is -0.856. The summed E-state index contributed by atoms with van der Waals surface area (Å²) in [5, 5.41) is 3.29. The highest BCUT2D eigenvalue weighted by molar-refractivity contribution is 6.30. The van der Waals surface area contributed by atoms with Crippen molar-refractivity contribution in [2.45, 2.75) is 45.8 Å². The van der Waals surface area contributed by atoms with Crippen molar-refractivity contribution in [3.63, 3.8) is 0 Å². The van der Waals surface area contributed by atoms with E-state index in [9.17, 15) is 9.59 Å². The van der Waals surface area contributed by atoms with Crippen LogP contribution >= 0.6 is 11.6 Å². The van der Waals surface area contributed by atoms with Gasteiger partial charge in [-0.3, -0.25) is 4.79 Å². The normalized spacial score (nSPS) is 14.9. The summed E-state index contributed by atoms with van der Waals surface area (Å²) in [6, 6.07) is 9.07. The number of carbonyl (C=O) groups is 2. The molecular formula is C19H21ClN2O3. The number of nitrogens with zero attached hydrogens (tertiary/aromatic N) is 1. The number of anilines is 1. The van der Waals surface area contributed by atoms with Gasteiger partial charge in [-0.2, -0.15) is 0 Å². The second-order valence-electron chi connectivity index (χ2n) is 6.43. The van der Waals surface area contributed by atoms with E-state index in [-0.39, 0.29) is 5.91 Å². The lowest BCUT2D eigenvalue weighted by molar-refractivity contribution is -0.123. The van der Waals surface area contributed by atoms with E-state index in [1.165, 1.54) is 0 Å². The molecular weight excluding hydrogens is 340 g/mol. The molecule has 1 heterocycles. The van der Waals surface area contributed by atoms with Crippen LogP contribution in [0.25, 0.3) is 0 Å². The molecule has 1 aliphatic rings. The Bertz CT molecular complexity index is 807. The van der Waals surface area contributed by atoms with Crippen molar-refractivity contribution < 1.29 is 14.3 Å². The smallest absolute Gasteiger partial charge is 0.340 e. The molecule has 132 valence electrons. The summed E-state index contributed by atoms with van der Waals surface area (Å²) < 4.78 is 7.53.